The second kappa shape index (κ2) is 5.13. The normalized spacial score (nSPS) is 13.5. The van der Waals surface area contributed by atoms with Crippen molar-refractivity contribution in [2.24, 2.45) is 5.73 Å². The summed E-state index contributed by atoms with van der Waals surface area (Å²) in [5.41, 5.74) is 6.65. The lowest BCUT2D eigenvalue weighted by Crippen LogP contribution is -2.11. The number of nitrogens with zero attached hydrogens (tertiary/aromatic N) is 1. The molecule has 3 rings (SSSR count). The SMILES string of the molecule is NC(c1ccccc1)c1nc2cc(C(F)(F)F)ccc2s1. The maximum atomic E-state index is 12.7. The van der Waals surface area contributed by atoms with Crippen LogP contribution in [-0.2, 0) is 6.18 Å². The van der Waals surface area contributed by atoms with E-state index in [0.29, 0.717) is 15.2 Å². The largest absolute Gasteiger partial charge is 0.416 e. The van der Waals surface area contributed by atoms with Crippen LogP contribution in [0, 0.1) is 0 Å². The lowest BCUT2D eigenvalue weighted by molar-refractivity contribution is -0.137. The molecule has 0 saturated carbocycles. The molecule has 2 aromatic carbocycles. The van der Waals surface area contributed by atoms with Crippen molar-refractivity contribution >= 4 is 21.6 Å². The molecule has 1 aromatic heterocycles. The van der Waals surface area contributed by atoms with Crippen LogP contribution in [0.25, 0.3) is 10.2 Å². The van der Waals surface area contributed by atoms with E-state index in [1.165, 1.54) is 17.4 Å². The van der Waals surface area contributed by atoms with Crippen LogP contribution in [0.4, 0.5) is 13.2 Å². The Balaban J connectivity index is 2.02. The fraction of sp³-hybridized carbons (Fsp3) is 0.133. The van der Waals surface area contributed by atoms with Crippen molar-refractivity contribution in [2.75, 3.05) is 0 Å². The monoisotopic (exact) mass is 308 g/mol. The van der Waals surface area contributed by atoms with E-state index in [0.717, 1.165) is 17.7 Å². The van der Waals surface area contributed by atoms with Gasteiger partial charge in [-0.05, 0) is 23.8 Å². The molecule has 0 fully saturated rings. The van der Waals surface area contributed by atoms with Crippen molar-refractivity contribution in [1.82, 2.24) is 4.98 Å². The van der Waals surface area contributed by atoms with E-state index in [9.17, 15) is 13.2 Å². The van der Waals surface area contributed by atoms with Gasteiger partial charge in [0.15, 0.2) is 0 Å². The van der Waals surface area contributed by atoms with Crippen LogP contribution in [0.15, 0.2) is 48.5 Å². The van der Waals surface area contributed by atoms with Crippen molar-refractivity contribution in [3.05, 3.63) is 64.7 Å². The Hall–Kier alpha value is -1.92. The second-order valence-electron chi connectivity index (χ2n) is 4.62. The van der Waals surface area contributed by atoms with E-state index in [4.69, 9.17) is 5.73 Å². The molecule has 3 aromatic rings. The Morgan fingerprint density at radius 2 is 1.76 bits per heavy atom. The summed E-state index contributed by atoms with van der Waals surface area (Å²) in [6.07, 6.45) is -4.36. The average Bonchev–Trinajstić information content (AvgIpc) is 2.89. The number of hydrogen-bond acceptors (Lipinski definition) is 3. The smallest absolute Gasteiger partial charge is 0.318 e. The first-order valence-corrected chi connectivity index (χ1v) is 7.05. The number of benzene rings is 2. The molecule has 1 heterocycles. The van der Waals surface area contributed by atoms with Gasteiger partial charge in [-0.2, -0.15) is 13.2 Å². The average molecular weight is 308 g/mol. The minimum Gasteiger partial charge on any atom is -0.318 e. The molecular weight excluding hydrogens is 297 g/mol. The van der Waals surface area contributed by atoms with Crippen LogP contribution in [0.3, 0.4) is 0 Å². The van der Waals surface area contributed by atoms with Gasteiger partial charge in [0.2, 0.25) is 0 Å². The zero-order valence-electron chi connectivity index (χ0n) is 10.8. The summed E-state index contributed by atoms with van der Waals surface area (Å²) in [7, 11) is 0. The minimum atomic E-state index is -4.36. The zero-order chi connectivity index (χ0) is 15.0. The number of halogens is 3. The maximum absolute atomic E-state index is 12.7. The van der Waals surface area contributed by atoms with Crippen LogP contribution >= 0.6 is 11.3 Å². The van der Waals surface area contributed by atoms with Crippen LogP contribution in [0.5, 0.6) is 0 Å². The number of rotatable bonds is 2. The number of alkyl halides is 3. The van der Waals surface area contributed by atoms with Gasteiger partial charge < -0.3 is 5.73 Å². The minimum absolute atomic E-state index is 0.330. The van der Waals surface area contributed by atoms with Gasteiger partial charge in [0.05, 0.1) is 21.8 Å². The summed E-state index contributed by atoms with van der Waals surface area (Å²) in [6, 6.07) is 12.5. The summed E-state index contributed by atoms with van der Waals surface area (Å²) in [4.78, 5) is 4.26. The van der Waals surface area contributed by atoms with Crippen molar-refractivity contribution < 1.29 is 13.2 Å². The van der Waals surface area contributed by atoms with Gasteiger partial charge in [0.25, 0.3) is 0 Å². The van der Waals surface area contributed by atoms with Gasteiger partial charge >= 0.3 is 6.18 Å². The Morgan fingerprint density at radius 3 is 2.43 bits per heavy atom. The number of thiazole rings is 1. The van der Waals surface area contributed by atoms with Crippen molar-refractivity contribution in [1.29, 1.82) is 0 Å². The Bertz CT molecular complexity index is 765. The van der Waals surface area contributed by atoms with Gasteiger partial charge in [-0.3, -0.25) is 0 Å². The number of aromatic nitrogens is 1. The standard InChI is InChI=1S/C15H11F3N2S/c16-15(17,18)10-6-7-12-11(8-10)20-14(21-12)13(19)9-4-2-1-3-5-9/h1-8,13H,19H2. The fourth-order valence-electron chi connectivity index (χ4n) is 2.06. The Labute approximate surface area is 123 Å². The summed E-state index contributed by atoms with van der Waals surface area (Å²) in [6.45, 7) is 0. The molecular formula is C15H11F3N2S. The molecule has 1 atom stereocenters. The molecule has 0 bridgehead atoms. The molecule has 21 heavy (non-hydrogen) atoms. The third-order valence-electron chi connectivity index (χ3n) is 3.16. The van der Waals surface area contributed by atoms with E-state index in [1.54, 1.807) is 0 Å². The molecule has 1 unspecified atom stereocenters. The van der Waals surface area contributed by atoms with Crippen LogP contribution in [0.2, 0.25) is 0 Å². The van der Waals surface area contributed by atoms with E-state index in [1.807, 2.05) is 30.3 Å². The van der Waals surface area contributed by atoms with Crippen molar-refractivity contribution in [3.63, 3.8) is 0 Å². The highest BCUT2D eigenvalue weighted by molar-refractivity contribution is 7.18. The van der Waals surface area contributed by atoms with Crippen LogP contribution < -0.4 is 5.73 Å². The van der Waals surface area contributed by atoms with Gasteiger partial charge in [-0.1, -0.05) is 30.3 Å². The molecule has 0 amide bonds. The quantitative estimate of drug-likeness (QED) is 0.764. The molecule has 108 valence electrons. The molecule has 0 spiro atoms. The molecule has 2 nitrogen and oxygen atoms in total. The predicted molar refractivity (Wildman–Crippen MR) is 77.1 cm³/mol. The predicted octanol–water partition coefficient (Wildman–Crippen LogP) is 4.36. The topological polar surface area (TPSA) is 38.9 Å². The van der Waals surface area contributed by atoms with E-state index in [-0.39, 0.29) is 0 Å². The van der Waals surface area contributed by atoms with E-state index < -0.39 is 17.8 Å². The lowest BCUT2D eigenvalue weighted by Gasteiger charge is -2.07. The third kappa shape index (κ3) is 2.77. The molecule has 0 aliphatic carbocycles. The summed E-state index contributed by atoms with van der Waals surface area (Å²) in [5.74, 6) is 0. The van der Waals surface area contributed by atoms with Crippen LogP contribution in [0.1, 0.15) is 22.2 Å². The summed E-state index contributed by atoms with van der Waals surface area (Å²) >= 11 is 1.32. The van der Waals surface area contributed by atoms with Gasteiger partial charge in [-0.25, -0.2) is 4.98 Å². The van der Waals surface area contributed by atoms with Gasteiger partial charge in [0.1, 0.15) is 5.01 Å². The van der Waals surface area contributed by atoms with E-state index >= 15 is 0 Å². The second-order valence-corrected chi connectivity index (χ2v) is 5.68. The first-order chi connectivity index (χ1) is 9.95. The Morgan fingerprint density at radius 1 is 1.05 bits per heavy atom. The van der Waals surface area contributed by atoms with Crippen LogP contribution in [-0.4, -0.2) is 4.98 Å². The van der Waals surface area contributed by atoms with Crippen molar-refractivity contribution in [3.8, 4) is 0 Å². The number of nitrogens with two attached hydrogens (primary N) is 1. The maximum Gasteiger partial charge on any atom is 0.416 e. The summed E-state index contributed by atoms with van der Waals surface area (Å²) < 4.78 is 38.8. The third-order valence-corrected chi connectivity index (χ3v) is 4.28. The Kier molecular flexibility index (Phi) is 3.43. The number of fused-ring (bicyclic) bond motifs is 1. The molecule has 6 heteroatoms. The number of hydrogen-bond donors (Lipinski definition) is 1. The van der Waals surface area contributed by atoms with E-state index in [2.05, 4.69) is 4.98 Å². The highest BCUT2D eigenvalue weighted by atomic mass is 32.1. The molecule has 0 radical (unpaired) electrons. The highest BCUT2D eigenvalue weighted by Crippen LogP contribution is 2.34. The molecule has 0 aliphatic rings. The highest BCUT2D eigenvalue weighted by Gasteiger charge is 2.31. The summed E-state index contributed by atoms with van der Waals surface area (Å²) in [5, 5.41) is 0.607. The molecule has 0 aliphatic heterocycles. The first-order valence-electron chi connectivity index (χ1n) is 6.23. The zero-order valence-corrected chi connectivity index (χ0v) is 11.6. The molecule has 2 N–H and O–H groups in total. The first kappa shape index (κ1) is 14.0. The van der Waals surface area contributed by atoms with Gasteiger partial charge in [-0.15, -0.1) is 11.3 Å². The lowest BCUT2D eigenvalue weighted by atomic mass is 10.1. The fourth-order valence-corrected chi connectivity index (χ4v) is 3.04. The molecule has 0 saturated heterocycles. The van der Waals surface area contributed by atoms with Crippen molar-refractivity contribution in [2.45, 2.75) is 12.2 Å². The van der Waals surface area contributed by atoms with Gasteiger partial charge in [0, 0.05) is 0 Å².